The average Bonchev–Trinajstić information content (AvgIpc) is 2.84. The van der Waals surface area contributed by atoms with Gasteiger partial charge in [-0.15, -0.1) is 0 Å². The van der Waals surface area contributed by atoms with Crippen LogP contribution in [0.25, 0.3) is 0 Å². The van der Waals surface area contributed by atoms with Gasteiger partial charge < -0.3 is 14.7 Å². The van der Waals surface area contributed by atoms with Crippen LogP contribution in [0.1, 0.15) is 52.1 Å². The number of hydrogen-bond donors (Lipinski definition) is 1. The molecule has 1 aliphatic heterocycles. The van der Waals surface area contributed by atoms with Crippen LogP contribution in [0.15, 0.2) is 35.6 Å². The highest BCUT2D eigenvalue weighted by Crippen LogP contribution is 2.39. The van der Waals surface area contributed by atoms with Gasteiger partial charge in [-0.1, -0.05) is 39.3 Å². The van der Waals surface area contributed by atoms with E-state index in [0.717, 1.165) is 18.4 Å². The van der Waals surface area contributed by atoms with Crippen LogP contribution in [0.3, 0.4) is 0 Å². The molecule has 136 valence electrons. The quantitative estimate of drug-likeness (QED) is 0.778. The molecular weight excluding hydrogens is 318 g/mol. The molecule has 1 unspecified atom stereocenters. The molecule has 0 saturated carbocycles. The lowest BCUT2D eigenvalue weighted by atomic mass is 9.91. The summed E-state index contributed by atoms with van der Waals surface area (Å²) in [5.41, 5.74) is 0.980. The van der Waals surface area contributed by atoms with Gasteiger partial charge in [0.25, 0.3) is 5.91 Å². The van der Waals surface area contributed by atoms with Gasteiger partial charge in [-0.3, -0.25) is 9.59 Å². The third-order valence-corrected chi connectivity index (χ3v) is 4.33. The number of benzene rings is 1. The number of aliphatic hydroxyl groups is 1. The van der Waals surface area contributed by atoms with E-state index in [1.165, 1.54) is 0 Å². The van der Waals surface area contributed by atoms with Crippen LogP contribution in [0.2, 0.25) is 0 Å². The van der Waals surface area contributed by atoms with Crippen molar-refractivity contribution in [2.24, 2.45) is 5.92 Å². The molecule has 1 amide bonds. The molecule has 0 saturated heterocycles. The van der Waals surface area contributed by atoms with Crippen LogP contribution in [0.5, 0.6) is 5.75 Å². The highest BCUT2D eigenvalue weighted by Gasteiger charge is 2.43. The second kappa shape index (κ2) is 8.19. The fourth-order valence-electron chi connectivity index (χ4n) is 3.06. The van der Waals surface area contributed by atoms with Crippen molar-refractivity contribution in [3.63, 3.8) is 0 Å². The largest absolute Gasteiger partial charge is 0.503 e. The van der Waals surface area contributed by atoms with E-state index in [2.05, 4.69) is 0 Å². The van der Waals surface area contributed by atoms with Crippen molar-refractivity contribution in [2.75, 3.05) is 13.2 Å². The number of rotatable bonds is 8. The molecule has 0 aromatic heterocycles. The molecule has 1 aliphatic rings. The number of amides is 1. The average molecular weight is 345 g/mol. The zero-order valence-electron chi connectivity index (χ0n) is 15.4. The molecule has 0 spiro atoms. The second-order valence-electron chi connectivity index (χ2n) is 6.54. The maximum absolute atomic E-state index is 12.7. The minimum Gasteiger partial charge on any atom is -0.503 e. The van der Waals surface area contributed by atoms with Crippen LogP contribution >= 0.6 is 0 Å². The van der Waals surface area contributed by atoms with Gasteiger partial charge in [0.15, 0.2) is 11.5 Å². The Bertz CT molecular complexity index is 678. The standard InChI is InChI=1S/C20H27NO4/c1-5-7-11-21-17(14-9-8-10-15(12-14)25-6-2)16(18(22)13(3)4)19(23)20(21)24/h8-10,12-13,17,23H,5-7,11H2,1-4H3. The molecule has 0 aliphatic carbocycles. The van der Waals surface area contributed by atoms with E-state index in [9.17, 15) is 14.7 Å². The molecule has 1 aromatic carbocycles. The molecule has 5 nitrogen and oxygen atoms in total. The van der Waals surface area contributed by atoms with Crippen molar-refractivity contribution in [3.8, 4) is 5.75 Å². The predicted octanol–water partition coefficient (Wildman–Crippen LogP) is 3.81. The number of carbonyl (C=O) groups excluding carboxylic acids is 2. The highest BCUT2D eigenvalue weighted by molar-refractivity contribution is 6.09. The monoisotopic (exact) mass is 345 g/mol. The molecule has 1 atom stereocenters. The lowest BCUT2D eigenvalue weighted by molar-refractivity contribution is -0.129. The molecule has 5 heteroatoms. The summed E-state index contributed by atoms with van der Waals surface area (Å²) in [7, 11) is 0. The third kappa shape index (κ3) is 3.86. The van der Waals surface area contributed by atoms with Crippen molar-refractivity contribution in [1.82, 2.24) is 4.90 Å². The maximum atomic E-state index is 12.7. The maximum Gasteiger partial charge on any atom is 0.290 e. The molecule has 25 heavy (non-hydrogen) atoms. The van der Waals surface area contributed by atoms with Gasteiger partial charge in [0.05, 0.1) is 18.2 Å². The first-order valence-electron chi connectivity index (χ1n) is 8.93. The minimum absolute atomic E-state index is 0.198. The Labute approximate surface area is 149 Å². The van der Waals surface area contributed by atoms with Crippen molar-refractivity contribution < 1.29 is 19.4 Å². The number of hydrogen-bond acceptors (Lipinski definition) is 4. The summed E-state index contributed by atoms with van der Waals surface area (Å²) in [6, 6.07) is 6.83. The fraction of sp³-hybridized carbons (Fsp3) is 0.500. The Morgan fingerprint density at radius 1 is 1.32 bits per heavy atom. The molecule has 2 rings (SSSR count). The van der Waals surface area contributed by atoms with Gasteiger partial charge in [-0.05, 0) is 31.0 Å². The van der Waals surface area contributed by atoms with E-state index in [4.69, 9.17) is 4.74 Å². The Morgan fingerprint density at radius 2 is 2.04 bits per heavy atom. The van der Waals surface area contributed by atoms with Crippen LogP contribution in [0.4, 0.5) is 0 Å². The number of carbonyl (C=O) groups is 2. The van der Waals surface area contributed by atoms with E-state index < -0.39 is 17.7 Å². The molecular formula is C20H27NO4. The summed E-state index contributed by atoms with van der Waals surface area (Å²) in [6.07, 6.45) is 1.73. The number of Topliss-reactive ketones (excluding diaryl/α,β-unsaturated/α-hetero) is 1. The van der Waals surface area contributed by atoms with Gasteiger partial charge in [0, 0.05) is 12.5 Å². The first kappa shape index (κ1) is 19.0. The zero-order valence-corrected chi connectivity index (χ0v) is 15.4. The molecule has 1 N–H and O–H groups in total. The van der Waals surface area contributed by atoms with Crippen LogP contribution in [-0.4, -0.2) is 34.8 Å². The van der Waals surface area contributed by atoms with Crippen molar-refractivity contribution in [1.29, 1.82) is 0 Å². The normalized spacial score (nSPS) is 17.6. The van der Waals surface area contributed by atoms with Gasteiger partial charge in [-0.2, -0.15) is 0 Å². The fourth-order valence-corrected chi connectivity index (χ4v) is 3.06. The second-order valence-corrected chi connectivity index (χ2v) is 6.54. The Hall–Kier alpha value is -2.30. The summed E-state index contributed by atoms with van der Waals surface area (Å²) in [4.78, 5) is 26.9. The van der Waals surface area contributed by atoms with E-state index in [1.54, 1.807) is 18.7 Å². The van der Waals surface area contributed by atoms with Crippen molar-refractivity contribution in [3.05, 3.63) is 41.2 Å². The third-order valence-electron chi connectivity index (χ3n) is 4.33. The predicted molar refractivity (Wildman–Crippen MR) is 96.5 cm³/mol. The summed E-state index contributed by atoms with van der Waals surface area (Å²) in [5.74, 6) is -0.693. The molecule has 1 aromatic rings. The first-order valence-corrected chi connectivity index (χ1v) is 8.93. The van der Waals surface area contributed by atoms with Gasteiger partial charge in [0.2, 0.25) is 0 Å². The number of aliphatic hydroxyl groups excluding tert-OH is 1. The SMILES string of the molecule is CCCCN1C(=O)C(O)=C(C(=O)C(C)C)C1c1cccc(OCC)c1. The first-order chi connectivity index (χ1) is 11.9. The van der Waals surface area contributed by atoms with Crippen molar-refractivity contribution in [2.45, 2.75) is 46.6 Å². The van der Waals surface area contributed by atoms with E-state index >= 15 is 0 Å². The molecule has 0 bridgehead atoms. The van der Waals surface area contributed by atoms with E-state index in [1.807, 2.05) is 38.1 Å². The zero-order chi connectivity index (χ0) is 18.6. The smallest absolute Gasteiger partial charge is 0.290 e. The molecule has 0 fully saturated rings. The summed E-state index contributed by atoms with van der Waals surface area (Å²) in [5, 5.41) is 10.4. The number of nitrogens with zero attached hydrogens (tertiary/aromatic N) is 1. The number of ether oxygens (including phenoxy) is 1. The lowest BCUT2D eigenvalue weighted by Crippen LogP contribution is -2.32. The van der Waals surface area contributed by atoms with Crippen LogP contribution in [0, 0.1) is 5.92 Å². The topological polar surface area (TPSA) is 66.8 Å². The van der Waals surface area contributed by atoms with Crippen LogP contribution < -0.4 is 4.74 Å². The lowest BCUT2D eigenvalue weighted by Gasteiger charge is -2.27. The van der Waals surface area contributed by atoms with Crippen LogP contribution in [-0.2, 0) is 9.59 Å². The summed E-state index contributed by atoms with van der Waals surface area (Å²) >= 11 is 0. The molecule has 0 radical (unpaired) electrons. The highest BCUT2D eigenvalue weighted by atomic mass is 16.5. The van der Waals surface area contributed by atoms with Gasteiger partial charge >= 0.3 is 0 Å². The summed E-state index contributed by atoms with van der Waals surface area (Å²) in [6.45, 7) is 8.52. The van der Waals surface area contributed by atoms with Gasteiger partial charge in [-0.25, -0.2) is 0 Å². The Morgan fingerprint density at radius 3 is 2.64 bits per heavy atom. The Balaban J connectivity index is 2.51. The Kier molecular flexibility index (Phi) is 6.23. The molecule has 1 heterocycles. The summed E-state index contributed by atoms with van der Waals surface area (Å²) < 4.78 is 5.55. The van der Waals surface area contributed by atoms with Crippen molar-refractivity contribution >= 4 is 11.7 Å². The minimum atomic E-state index is -0.561. The number of unbranched alkanes of at least 4 members (excludes halogenated alkanes) is 1. The number of ketones is 1. The van der Waals surface area contributed by atoms with Gasteiger partial charge in [0.1, 0.15) is 5.75 Å². The van der Waals surface area contributed by atoms with E-state index in [-0.39, 0.29) is 17.3 Å². The van der Waals surface area contributed by atoms with E-state index in [0.29, 0.717) is 18.9 Å².